The largest absolute Gasteiger partial charge is 0.507 e. The minimum atomic E-state index is -0.894. The van der Waals surface area contributed by atoms with E-state index in [1.54, 1.807) is 24.0 Å². The van der Waals surface area contributed by atoms with Crippen LogP contribution in [0.4, 0.5) is 10.7 Å². The van der Waals surface area contributed by atoms with Crippen LogP contribution in [-0.4, -0.2) is 131 Å². The zero-order valence-electron chi connectivity index (χ0n) is 39.7. The van der Waals surface area contributed by atoms with Gasteiger partial charge in [0.05, 0.1) is 17.8 Å². The van der Waals surface area contributed by atoms with E-state index in [1.165, 1.54) is 4.90 Å². The first kappa shape index (κ1) is 46.5. The van der Waals surface area contributed by atoms with Gasteiger partial charge in [-0.1, -0.05) is 51.0 Å². The number of urea groups is 1. The van der Waals surface area contributed by atoms with Gasteiger partial charge in [0.15, 0.2) is 5.65 Å². The number of anilines is 1. The van der Waals surface area contributed by atoms with Crippen molar-refractivity contribution in [2.75, 3.05) is 44.2 Å². The summed E-state index contributed by atoms with van der Waals surface area (Å²) >= 11 is 0. The second-order valence-electron chi connectivity index (χ2n) is 19.9. The van der Waals surface area contributed by atoms with Crippen LogP contribution in [0, 0.1) is 17.3 Å². The van der Waals surface area contributed by atoms with Gasteiger partial charge in [0.2, 0.25) is 17.8 Å². The van der Waals surface area contributed by atoms with Crippen molar-refractivity contribution in [2.45, 2.75) is 116 Å². The van der Waals surface area contributed by atoms with Crippen molar-refractivity contribution in [3.63, 3.8) is 0 Å². The number of rotatable bonds is 9. The molecule has 3 saturated heterocycles. The fourth-order valence-corrected chi connectivity index (χ4v) is 10.6. The number of aromatic amines is 1. The molecule has 3 fully saturated rings. The first-order chi connectivity index (χ1) is 32.7. The zero-order chi connectivity index (χ0) is 47.7. The molecule has 3 aromatic heterocycles. The van der Waals surface area contributed by atoms with Crippen molar-refractivity contribution < 1.29 is 24.6 Å². The summed E-state index contributed by atoms with van der Waals surface area (Å²) in [5, 5.41) is 37.0. The Balaban J connectivity index is 0.757. The highest BCUT2D eigenvalue weighted by Crippen LogP contribution is 2.39. The molecule has 0 bridgehead atoms. The minimum absolute atomic E-state index is 0.00224. The molecule has 9 rings (SSSR count). The molecular weight excluding hydrogens is 859 g/mol. The fraction of sp³-hybridized carbons (Fsp3) is 0.481. The van der Waals surface area contributed by atoms with Gasteiger partial charge in [0.1, 0.15) is 17.8 Å². The minimum Gasteiger partial charge on any atom is -0.507 e. The Bertz CT molecular complexity index is 2690. The van der Waals surface area contributed by atoms with Crippen LogP contribution in [0.3, 0.4) is 0 Å². The number of nitrogens with one attached hydrogen (secondary N) is 3. The molecule has 2 aromatic carbocycles. The van der Waals surface area contributed by atoms with E-state index in [-0.39, 0.29) is 49.1 Å². The molecule has 356 valence electrons. The van der Waals surface area contributed by atoms with E-state index in [9.17, 15) is 24.6 Å². The summed E-state index contributed by atoms with van der Waals surface area (Å²) in [6, 6.07) is 15.1. The Hall–Kier alpha value is -6.57. The number of hydrogen-bond acceptors (Lipinski definition) is 11. The monoisotopic (exact) mass is 922 g/mol. The van der Waals surface area contributed by atoms with Crippen LogP contribution < -0.4 is 15.5 Å². The van der Waals surface area contributed by atoms with Gasteiger partial charge in [-0.2, -0.15) is 0 Å². The number of carbonyl (C=O) groups is 3. The third kappa shape index (κ3) is 9.73. The van der Waals surface area contributed by atoms with Crippen LogP contribution in [-0.2, 0) is 22.6 Å². The Kier molecular flexibility index (Phi) is 13.4. The van der Waals surface area contributed by atoms with Crippen molar-refractivity contribution >= 4 is 34.8 Å². The number of nitrogens with zero attached hydrogens (tertiary/aromatic N) is 8. The molecule has 0 spiro atoms. The highest BCUT2D eigenvalue weighted by Gasteiger charge is 2.45. The van der Waals surface area contributed by atoms with E-state index in [0.717, 1.165) is 90.7 Å². The number of piperidine rings is 2. The summed E-state index contributed by atoms with van der Waals surface area (Å²) in [7, 11) is 0. The van der Waals surface area contributed by atoms with Gasteiger partial charge in [0.25, 0.3) is 0 Å². The van der Waals surface area contributed by atoms with Gasteiger partial charge >= 0.3 is 6.03 Å². The van der Waals surface area contributed by atoms with E-state index in [4.69, 9.17) is 9.97 Å². The predicted molar refractivity (Wildman–Crippen MR) is 259 cm³/mol. The van der Waals surface area contributed by atoms with Gasteiger partial charge in [-0.05, 0) is 105 Å². The van der Waals surface area contributed by atoms with Crippen LogP contribution in [0.15, 0.2) is 67.0 Å². The number of aromatic nitrogens is 5. The molecule has 4 aliphatic rings. The molecule has 4 aliphatic heterocycles. The summed E-state index contributed by atoms with van der Waals surface area (Å²) in [5.74, 6) is 6.41. The van der Waals surface area contributed by atoms with Gasteiger partial charge < -0.3 is 45.4 Å². The number of carbonyl (C=O) groups excluding carboxylic acids is 3. The summed E-state index contributed by atoms with van der Waals surface area (Å²) < 4.78 is 0. The molecule has 4 atom stereocenters. The van der Waals surface area contributed by atoms with E-state index in [1.807, 2.05) is 75.6 Å². The number of para-hydroxylation sites is 1. The Morgan fingerprint density at radius 3 is 2.35 bits per heavy atom. The maximum absolute atomic E-state index is 14.2. The number of β-amino-alcohol motifs (C(OH)–C–C–N with tert-alkyl or cyclic N) is 1. The lowest BCUT2D eigenvalue weighted by Gasteiger charge is -2.42. The molecule has 5 aromatic rings. The first-order valence-electron chi connectivity index (χ1n) is 24.1. The number of aromatic hydroxyl groups is 1. The van der Waals surface area contributed by atoms with E-state index >= 15 is 0 Å². The van der Waals surface area contributed by atoms with Gasteiger partial charge in [-0.25, -0.2) is 14.8 Å². The summed E-state index contributed by atoms with van der Waals surface area (Å²) in [6.45, 7) is 13.8. The van der Waals surface area contributed by atoms with Crippen LogP contribution >= 0.6 is 0 Å². The molecule has 68 heavy (non-hydrogen) atoms. The molecule has 16 nitrogen and oxygen atoms in total. The van der Waals surface area contributed by atoms with E-state index < -0.39 is 23.6 Å². The molecule has 5 N–H and O–H groups in total. The highest BCUT2D eigenvalue weighted by atomic mass is 16.3. The molecule has 0 saturated carbocycles. The number of aliphatic hydroxyl groups is 1. The predicted octanol–water partition coefficient (Wildman–Crippen LogP) is 5.66. The lowest BCUT2D eigenvalue weighted by Crippen LogP contribution is -2.60. The first-order valence-corrected chi connectivity index (χ1v) is 24.1. The standard InChI is InChI=1S/C52H63N11O5/c1-6-9-33-12-14-34(15-13-33)28-53-48(66)43-26-38(64)31-63(43)49(67)46(52(3,4)5)57-51(68)61-23-18-37(19-24-61)60-21-16-35(17-22-60)36-29-54-50(55-30-36)62-25-20-41-45(32(62)2)40-27-42(58-59-47(40)56-41)39-10-7-8-11-44(39)65/h7-8,10-15,27,29-30,32,35,37-38,43,46,64-65H,16-26,28,31H2,1-5H3,(H,53,66)(H,56,59)(H,57,68)/t32-,38-,43+,46-/m1/s1. The van der Waals surface area contributed by atoms with Crippen LogP contribution in [0.2, 0.25) is 0 Å². The molecular formula is C52H63N11O5. The summed E-state index contributed by atoms with van der Waals surface area (Å²) in [4.78, 5) is 62.9. The molecule has 16 heteroatoms. The topological polar surface area (TPSA) is 196 Å². The van der Waals surface area contributed by atoms with E-state index in [0.29, 0.717) is 42.3 Å². The zero-order valence-corrected chi connectivity index (χ0v) is 39.7. The molecule has 0 unspecified atom stereocenters. The van der Waals surface area contributed by atoms with Gasteiger partial charge in [-0.15, -0.1) is 16.1 Å². The van der Waals surface area contributed by atoms with Crippen LogP contribution in [0.1, 0.15) is 107 Å². The second-order valence-corrected chi connectivity index (χ2v) is 19.9. The number of amides is 4. The Morgan fingerprint density at radius 2 is 1.66 bits per heavy atom. The third-order valence-corrected chi connectivity index (χ3v) is 14.5. The smallest absolute Gasteiger partial charge is 0.318 e. The molecule has 7 heterocycles. The SMILES string of the molecule is CC#Cc1ccc(CNC(=O)[C@@H]2C[C@@H](O)CN2C(=O)[C@@H](NC(=O)N2CCC(N3CCC(c4cnc(N5CCc6[nH]c7nnc(-c8ccccc8O)cc7c6[C@H]5C)nc4)CC3)CC2)C(C)(C)C)cc1. The second kappa shape index (κ2) is 19.6. The average Bonchev–Trinajstić information content (AvgIpc) is 3.93. The summed E-state index contributed by atoms with van der Waals surface area (Å²) in [5.41, 5.74) is 6.59. The number of aliphatic hydroxyl groups excluding tert-OH is 1. The summed E-state index contributed by atoms with van der Waals surface area (Å²) in [6.07, 6.45) is 7.78. The number of fused-ring (bicyclic) bond motifs is 3. The van der Waals surface area contributed by atoms with Crippen molar-refractivity contribution in [3.05, 3.63) is 94.9 Å². The molecule has 0 aliphatic carbocycles. The van der Waals surface area contributed by atoms with E-state index in [2.05, 4.69) is 54.4 Å². The number of hydrogen-bond donors (Lipinski definition) is 5. The van der Waals surface area contributed by atoms with Gasteiger partial charge in [-0.3, -0.25) is 9.59 Å². The Morgan fingerprint density at radius 1 is 0.941 bits per heavy atom. The number of likely N-dealkylation sites (tertiary alicyclic amines) is 3. The van der Waals surface area contributed by atoms with Gasteiger partial charge in [0, 0.05) is 91.8 Å². The molecule has 0 radical (unpaired) electrons. The maximum atomic E-state index is 14.2. The fourth-order valence-electron chi connectivity index (χ4n) is 10.6. The normalized spacial score (nSPS) is 21.0. The Labute approximate surface area is 397 Å². The quantitative estimate of drug-likeness (QED) is 0.115. The average molecular weight is 922 g/mol. The number of phenols is 1. The maximum Gasteiger partial charge on any atom is 0.318 e. The number of H-pyrrole nitrogens is 1. The molecule has 4 amide bonds. The lowest BCUT2D eigenvalue weighted by atomic mass is 9.85. The number of phenolic OH excluding ortho intramolecular Hbond substituents is 1. The van der Waals surface area contributed by atoms with Crippen molar-refractivity contribution in [3.8, 4) is 28.8 Å². The van der Waals surface area contributed by atoms with Crippen LogP contribution in [0.5, 0.6) is 5.75 Å². The third-order valence-electron chi connectivity index (χ3n) is 14.5. The van der Waals surface area contributed by atoms with Crippen LogP contribution in [0.25, 0.3) is 22.3 Å². The highest BCUT2D eigenvalue weighted by molar-refractivity contribution is 5.93. The van der Waals surface area contributed by atoms with Crippen molar-refractivity contribution in [1.82, 2.24) is 50.5 Å². The van der Waals surface area contributed by atoms with Crippen molar-refractivity contribution in [2.24, 2.45) is 5.41 Å². The number of benzene rings is 2. The van der Waals surface area contributed by atoms with Crippen molar-refractivity contribution in [1.29, 1.82) is 0 Å². The lowest BCUT2D eigenvalue weighted by molar-refractivity contribution is -0.142.